The van der Waals surface area contributed by atoms with E-state index < -0.39 is 6.10 Å². The van der Waals surface area contributed by atoms with E-state index in [1.165, 1.54) is 19.1 Å². The quantitative estimate of drug-likeness (QED) is 0.705. The molecule has 21 heavy (non-hydrogen) atoms. The lowest BCUT2D eigenvalue weighted by molar-refractivity contribution is 0.149. The van der Waals surface area contributed by atoms with Crippen LogP contribution in [0.1, 0.15) is 50.3 Å². The highest BCUT2D eigenvalue weighted by molar-refractivity contribution is 5.86. The molecule has 1 aromatic carbocycles. The van der Waals surface area contributed by atoms with Gasteiger partial charge >= 0.3 is 0 Å². The Hall–Kier alpha value is -1.39. The largest absolute Gasteiger partial charge is 0.388 e. The number of aliphatic hydroxyl groups is 1. The molecule has 1 saturated heterocycles. The van der Waals surface area contributed by atoms with Crippen molar-refractivity contribution in [3.05, 3.63) is 29.3 Å². The maximum absolute atomic E-state index is 10.2. The molecule has 1 aliphatic heterocycles. The van der Waals surface area contributed by atoms with Gasteiger partial charge in [0.15, 0.2) is 0 Å². The number of anilines is 1. The van der Waals surface area contributed by atoms with E-state index in [4.69, 9.17) is 5.41 Å². The smallest absolute Gasteiger partial charge is 0.0802 e. The highest BCUT2D eigenvalue weighted by Gasteiger charge is 2.15. The molecule has 4 nitrogen and oxygen atoms in total. The molecule has 1 atom stereocenters. The summed E-state index contributed by atoms with van der Waals surface area (Å²) in [4.78, 5) is 2.41. The highest BCUT2D eigenvalue weighted by Crippen LogP contribution is 2.23. The number of aliphatic hydroxyl groups excluding tert-OH is 1. The summed E-state index contributed by atoms with van der Waals surface area (Å²) in [6, 6.07) is 5.76. The molecule has 0 aliphatic carbocycles. The Morgan fingerprint density at radius 2 is 2.00 bits per heavy atom. The van der Waals surface area contributed by atoms with Crippen LogP contribution in [-0.4, -0.2) is 42.9 Å². The third-order valence-electron chi connectivity index (χ3n) is 3.80. The van der Waals surface area contributed by atoms with Crippen molar-refractivity contribution in [3.63, 3.8) is 0 Å². The summed E-state index contributed by atoms with van der Waals surface area (Å²) in [7, 11) is 1.84. The van der Waals surface area contributed by atoms with Crippen molar-refractivity contribution in [2.75, 3.05) is 32.0 Å². The van der Waals surface area contributed by atoms with Gasteiger partial charge in [-0.05, 0) is 50.0 Å². The molecule has 1 fully saturated rings. The summed E-state index contributed by atoms with van der Waals surface area (Å²) in [5.41, 5.74) is 2.64. The minimum Gasteiger partial charge on any atom is -0.388 e. The number of rotatable bonds is 6. The van der Waals surface area contributed by atoms with Crippen LogP contribution in [0.4, 0.5) is 5.69 Å². The lowest BCUT2D eigenvalue weighted by Crippen LogP contribution is -2.22. The fourth-order valence-electron chi connectivity index (χ4n) is 2.61. The molecule has 2 rings (SSSR count). The third kappa shape index (κ3) is 5.14. The molecule has 0 amide bonds. The maximum Gasteiger partial charge on any atom is 0.0802 e. The summed E-state index contributed by atoms with van der Waals surface area (Å²) < 4.78 is 0. The predicted molar refractivity (Wildman–Crippen MR) is 90.5 cm³/mol. The summed E-state index contributed by atoms with van der Waals surface area (Å²) in [6.07, 6.45) is 4.21. The minimum atomic E-state index is -0.440. The van der Waals surface area contributed by atoms with E-state index in [0.717, 1.165) is 42.9 Å². The van der Waals surface area contributed by atoms with Crippen molar-refractivity contribution in [2.24, 2.45) is 0 Å². The molecule has 0 bridgehead atoms. The standard InChI is InChI=1S/C15H23N3O.C2H6/c1-17-14-5-4-12(10-13(14)11-16)15(19)6-9-18-7-2-3-8-18;1-2/h4-5,10-11,15-17,19H,2-3,6-9H2,1H3;1-2H3. The molecule has 0 saturated carbocycles. The Labute approximate surface area is 128 Å². The Balaban J connectivity index is 0.00000106. The van der Waals surface area contributed by atoms with Gasteiger partial charge in [-0.25, -0.2) is 0 Å². The molecule has 1 aliphatic rings. The monoisotopic (exact) mass is 291 g/mol. The fraction of sp³-hybridized carbons (Fsp3) is 0.588. The zero-order valence-corrected chi connectivity index (χ0v) is 13.5. The number of hydrogen-bond donors (Lipinski definition) is 3. The van der Waals surface area contributed by atoms with E-state index in [-0.39, 0.29) is 0 Å². The van der Waals surface area contributed by atoms with Crippen LogP contribution in [0.3, 0.4) is 0 Å². The number of nitrogens with one attached hydrogen (secondary N) is 2. The summed E-state index contributed by atoms with van der Waals surface area (Å²) in [5.74, 6) is 0. The van der Waals surface area contributed by atoms with Crippen LogP contribution in [0.15, 0.2) is 18.2 Å². The van der Waals surface area contributed by atoms with Gasteiger partial charge in [-0.2, -0.15) is 0 Å². The third-order valence-corrected chi connectivity index (χ3v) is 3.80. The van der Waals surface area contributed by atoms with Gasteiger partial charge in [0.2, 0.25) is 0 Å². The van der Waals surface area contributed by atoms with Crippen molar-refractivity contribution in [3.8, 4) is 0 Å². The van der Waals surface area contributed by atoms with Gasteiger partial charge in [-0.1, -0.05) is 19.9 Å². The van der Waals surface area contributed by atoms with E-state index in [1.54, 1.807) is 0 Å². The first-order chi connectivity index (χ1) is 10.2. The molecule has 118 valence electrons. The van der Waals surface area contributed by atoms with Crippen LogP contribution in [-0.2, 0) is 0 Å². The first-order valence-electron chi connectivity index (χ1n) is 7.97. The second kappa shape index (κ2) is 9.53. The second-order valence-corrected chi connectivity index (χ2v) is 5.09. The Bertz CT molecular complexity index is 428. The lowest BCUT2D eigenvalue weighted by Gasteiger charge is -2.18. The zero-order chi connectivity index (χ0) is 15.7. The second-order valence-electron chi connectivity index (χ2n) is 5.09. The first-order valence-corrected chi connectivity index (χ1v) is 7.97. The zero-order valence-electron chi connectivity index (χ0n) is 13.5. The van der Waals surface area contributed by atoms with Crippen molar-refractivity contribution >= 4 is 11.9 Å². The van der Waals surface area contributed by atoms with Crippen molar-refractivity contribution in [1.82, 2.24) is 4.90 Å². The van der Waals surface area contributed by atoms with E-state index in [0.29, 0.717) is 0 Å². The number of hydrogen-bond acceptors (Lipinski definition) is 4. The van der Waals surface area contributed by atoms with Gasteiger partial charge in [-0.3, -0.25) is 0 Å². The predicted octanol–water partition coefficient (Wildman–Crippen LogP) is 3.27. The topological polar surface area (TPSA) is 59.4 Å². The van der Waals surface area contributed by atoms with E-state index in [2.05, 4.69) is 10.2 Å². The average Bonchev–Trinajstić information content (AvgIpc) is 3.07. The SMILES string of the molecule is CC.CNc1ccc(C(O)CCN2CCCC2)cc1C=N. The van der Waals surface area contributed by atoms with Crippen LogP contribution in [0.2, 0.25) is 0 Å². The molecule has 1 unspecified atom stereocenters. The van der Waals surface area contributed by atoms with Gasteiger partial charge in [0, 0.05) is 31.1 Å². The summed E-state index contributed by atoms with van der Waals surface area (Å²) >= 11 is 0. The van der Waals surface area contributed by atoms with Crippen LogP contribution in [0.5, 0.6) is 0 Å². The van der Waals surface area contributed by atoms with Gasteiger partial charge in [0.05, 0.1) is 6.10 Å². The number of benzene rings is 1. The van der Waals surface area contributed by atoms with Crippen LogP contribution >= 0.6 is 0 Å². The van der Waals surface area contributed by atoms with Gasteiger partial charge in [-0.15, -0.1) is 0 Å². The molecule has 1 aromatic rings. The van der Waals surface area contributed by atoms with Crippen LogP contribution in [0.25, 0.3) is 0 Å². The fourth-order valence-corrected chi connectivity index (χ4v) is 2.61. The minimum absolute atomic E-state index is 0.440. The Kier molecular flexibility index (Phi) is 8.01. The van der Waals surface area contributed by atoms with Gasteiger partial charge in [0.25, 0.3) is 0 Å². The molecule has 4 heteroatoms. The van der Waals surface area contributed by atoms with Gasteiger partial charge in [0.1, 0.15) is 0 Å². The Morgan fingerprint density at radius 3 is 2.57 bits per heavy atom. The molecule has 0 spiro atoms. The lowest BCUT2D eigenvalue weighted by atomic mass is 10.0. The molecular weight excluding hydrogens is 262 g/mol. The first kappa shape index (κ1) is 17.7. The molecular formula is C17H29N3O. The maximum atomic E-state index is 10.2. The highest BCUT2D eigenvalue weighted by atomic mass is 16.3. The van der Waals surface area contributed by atoms with Gasteiger partial charge < -0.3 is 20.7 Å². The average molecular weight is 291 g/mol. The normalized spacial score (nSPS) is 16.0. The molecule has 1 heterocycles. The van der Waals surface area contributed by atoms with E-state index in [1.807, 2.05) is 39.1 Å². The molecule has 0 radical (unpaired) electrons. The van der Waals surface area contributed by atoms with Crippen LogP contribution in [0, 0.1) is 5.41 Å². The summed E-state index contributed by atoms with van der Waals surface area (Å²) in [5, 5.41) is 20.7. The van der Waals surface area contributed by atoms with Crippen molar-refractivity contribution < 1.29 is 5.11 Å². The van der Waals surface area contributed by atoms with Crippen molar-refractivity contribution in [1.29, 1.82) is 5.41 Å². The number of likely N-dealkylation sites (tertiary alicyclic amines) is 1. The number of nitrogens with zero attached hydrogens (tertiary/aromatic N) is 1. The Morgan fingerprint density at radius 1 is 1.33 bits per heavy atom. The molecule has 3 N–H and O–H groups in total. The van der Waals surface area contributed by atoms with Crippen LogP contribution < -0.4 is 5.32 Å². The molecule has 0 aromatic heterocycles. The van der Waals surface area contributed by atoms with E-state index >= 15 is 0 Å². The van der Waals surface area contributed by atoms with Crippen molar-refractivity contribution in [2.45, 2.75) is 39.2 Å². The van der Waals surface area contributed by atoms with E-state index in [9.17, 15) is 5.11 Å². The summed E-state index contributed by atoms with van der Waals surface area (Å²) in [6.45, 7) is 7.28.